The van der Waals surface area contributed by atoms with Crippen molar-refractivity contribution in [2.45, 2.75) is 69.1 Å². The first kappa shape index (κ1) is 43.3. The van der Waals surface area contributed by atoms with Crippen LogP contribution < -0.4 is 4.90 Å². The maximum atomic E-state index is 2.69. The van der Waals surface area contributed by atoms with Crippen LogP contribution in [0.2, 0.25) is 0 Å². The summed E-state index contributed by atoms with van der Waals surface area (Å²) < 4.78 is 2.50. The molecule has 6 aliphatic carbocycles. The molecule has 11 aromatic rings. The van der Waals surface area contributed by atoms with E-state index >= 15 is 0 Å². The van der Waals surface area contributed by atoms with Crippen LogP contribution in [0.1, 0.15) is 80.4 Å². The van der Waals surface area contributed by atoms with Crippen LogP contribution in [0.4, 0.5) is 17.1 Å². The Hall–Kier alpha value is -7.94. The SMILES string of the molecule is c1ccc(-n2c3ccccc3c3cccc(-c4ccccc4N(c4ccccc4-c4ccc5c(c4)C4(c6ccccc6-5)C5CC6CC7CC4C75C6)c4ccccc4-c4cccc5cccc(C6CCCCC6)c45)c32)cc1. The minimum Gasteiger partial charge on any atom is -0.309 e. The van der Waals surface area contributed by atoms with Crippen LogP contribution in [0.15, 0.2) is 224 Å². The summed E-state index contributed by atoms with van der Waals surface area (Å²) in [5, 5.41) is 5.24. The Morgan fingerprint density at radius 3 is 1.84 bits per heavy atom. The van der Waals surface area contributed by atoms with Crippen molar-refractivity contribution >= 4 is 49.6 Å². The summed E-state index contributed by atoms with van der Waals surface area (Å²) >= 11 is 0. The van der Waals surface area contributed by atoms with E-state index in [1.165, 1.54) is 152 Å². The lowest BCUT2D eigenvalue weighted by molar-refractivity contribution is -0.231. The van der Waals surface area contributed by atoms with Crippen molar-refractivity contribution < 1.29 is 0 Å². The third kappa shape index (κ3) is 5.72. The maximum Gasteiger partial charge on any atom is 0.0620 e. The van der Waals surface area contributed by atoms with Gasteiger partial charge in [0.1, 0.15) is 0 Å². The average Bonchev–Trinajstić information content (AvgIpc) is 3.41. The third-order valence-corrected chi connectivity index (χ3v) is 20.7. The molecular weight excluding hydrogens is 917 g/mol. The molecule has 0 N–H and O–H groups in total. The van der Waals surface area contributed by atoms with Crippen molar-refractivity contribution in [3.63, 3.8) is 0 Å². The normalized spacial score (nSPS) is 23.6. The molecule has 1 heterocycles. The standard InChI is InChI=1S/C74H60N2/c1-3-20-48(21-4-1)54-31-17-22-49-23-18-32-60(71(49)54)57-28-9-15-38-67(57)76(68-39-16-11-30-59(68)62-34-19-33-61-58-29-10-14-37-66(58)75(72(61)62)52-24-5-2-6-25-52)65-36-13-8-26-53(65)50-40-41-56-55-27-7-12-35-63(55)74(64(56)44-50)69-43-47-42-51-45-70(74)73(51,69)46-47/h2,5-19,22-41,44,47-48,51,69-70H,1,3-4,20-21,42-43,45-46H2. The predicted octanol–water partition coefficient (Wildman–Crippen LogP) is 19.8. The van der Waals surface area contributed by atoms with Gasteiger partial charge in [0.15, 0.2) is 0 Å². The van der Waals surface area contributed by atoms with Gasteiger partial charge in [-0.1, -0.05) is 201 Å². The second-order valence-electron chi connectivity index (χ2n) is 23.7. The summed E-state index contributed by atoms with van der Waals surface area (Å²) in [6, 6.07) is 86.2. The molecule has 10 aromatic carbocycles. The van der Waals surface area contributed by atoms with Crippen molar-refractivity contribution in [2.75, 3.05) is 4.90 Å². The highest BCUT2D eigenvalue weighted by Gasteiger charge is 2.84. The van der Waals surface area contributed by atoms with E-state index in [4.69, 9.17) is 0 Å². The quantitative estimate of drug-likeness (QED) is 0.147. The van der Waals surface area contributed by atoms with E-state index in [9.17, 15) is 0 Å². The molecular formula is C74H60N2. The number of aromatic nitrogens is 1. The fourth-order valence-electron chi connectivity index (χ4n) is 18.0. The lowest BCUT2D eigenvalue weighted by Crippen LogP contribution is -2.73. The smallest absolute Gasteiger partial charge is 0.0620 e. The van der Waals surface area contributed by atoms with Crippen molar-refractivity contribution in [3.05, 3.63) is 241 Å². The molecule has 0 amide bonds. The van der Waals surface area contributed by atoms with E-state index in [0.717, 1.165) is 35.0 Å². The van der Waals surface area contributed by atoms with Gasteiger partial charge < -0.3 is 9.47 Å². The van der Waals surface area contributed by atoms with Gasteiger partial charge >= 0.3 is 0 Å². The van der Waals surface area contributed by atoms with Gasteiger partial charge in [0.25, 0.3) is 0 Å². The van der Waals surface area contributed by atoms with E-state index < -0.39 is 0 Å². The van der Waals surface area contributed by atoms with Gasteiger partial charge in [0, 0.05) is 44.1 Å². The van der Waals surface area contributed by atoms with Gasteiger partial charge in [-0.15, -0.1) is 0 Å². The van der Waals surface area contributed by atoms with Gasteiger partial charge in [0.05, 0.1) is 28.1 Å². The minimum absolute atomic E-state index is 0.113. The van der Waals surface area contributed by atoms with Gasteiger partial charge in [0.2, 0.25) is 0 Å². The van der Waals surface area contributed by atoms with E-state index in [1.807, 2.05) is 0 Å². The van der Waals surface area contributed by atoms with Crippen LogP contribution in [0.3, 0.4) is 0 Å². The highest BCUT2D eigenvalue weighted by atomic mass is 15.2. The van der Waals surface area contributed by atoms with Crippen molar-refractivity contribution in [2.24, 2.45) is 29.1 Å². The summed E-state index contributed by atoms with van der Waals surface area (Å²) in [7, 11) is 0. The monoisotopic (exact) mass is 976 g/mol. The predicted molar refractivity (Wildman–Crippen MR) is 316 cm³/mol. The molecule has 6 unspecified atom stereocenters. The Balaban J connectivity index is 0.920. The summed E-state index contributed by atoms with van der Waals surface area (Å²) in [4.78, 5) is 2.65. The molecule has 1 aromatic heterocycles. The highest BCUT2D eigenvalue weighted by Crippen LogP contribution is 2.89. The molecule has 2 heteroatoms. The Kier molecular flexibility index (Phi) is 9.28. The molecule has 6 aliphatic rings. The van der Waals surface area contributed by atoms with Crippen LogP contribution in [0.5, 0.6) is 0 Å². The largest absolute Gasteiger partial charge is 0.309 e. The lowest BCUT2D eigenvalue weighted by atomic mass is 9.27. The topological polar surface area (TPSA) is 8.17 Å². The molecule has 6 atom stereocenters. The van der Waals surface area contributed by atoms with Crippen LogP contribution in [-0.4, -0.2) is 4.57 Å². The Labute approximate surface area is 446 Å². The van der Waals surface area contributed by atoms with Crippen LogP contribution in [0, 0.1) is 29.1 Å². The summed E-state index contributed by atoms with van der Waals surface area (Å²) in [5.41, 5.74) is 23.0. The van der Waals surface area contributed by atoms with Gasteiger partial charge in [-0.25, -0.2) is 0 Å². The highest BCUT2D eigenvalue weighted by molar-refractivity contribution is 6.15. The molecule has 2 nitrogen and oxygen atoms in total. The molecule has 17 rings (SSSR count). The van der Waals surface area contributed by atoms with Gasteiger partial charge in [-0.3, -0.25) is 0 Å². The first-order valence-corrected chi connectivity index (χ1v) is 28.6. The number of hydrogen-bond acceptors (Lipinski definition) is 1. The molecule has 0 aliphatic heterocycles. The Bertz CT molecular complexity index is 4170. The molecule has 2 bridgehead atoms. The number of para-hydroxylation sites is 6. The zero-order valence-electron chi connectivity index (χ0n) is 43.0. The number of hydrogen-bond donors (Lipinski definition) is 0. The number of benzene rings is 10. The first-order chi connectivity index (χ1) is 37.7. The van der Waals surface area contributed by atoms with Crippen molar-refractivity contribution in [1.82, 2.24) is 4.57 Å². The second-order valence-corrected chi connectivity index (χ2v) is 23.7. The van der Waals surface area contributed by atoms with E-state index in [2.05, 4.69) is 234 Å². The Morgan fingerprint density at radius 2 is 1.04 bits per heavy atom. The van der Waals surface area contributed by atoms with Gasteiger partial charge in [-0.05, 0) is 166 Å². The summed E-state index contributed by atoms with van der Waals surface area (Å²) in [6.07, 6.45) is 12.2. The molecule has 5 saturated carbocycles. The van der Waals surface area contributed by atoms with Crippen molar-refractivity contribution in [1.29, 1.82) is 0 Å². The van der Waals surface area contributed by atoms with E-state index in [0.29, 0.717) is 11.3 Å². The molecule has 76 heavy (non-hydrogen) atoms. The van der Waals surface area contributed by atoms with Crippen LogP contribution in [0.25, 0.3) is 82.8 Å². The average molecular weight is 977 g/mol. The number of rotatable bonds is 8. The second kappa shape index (κ2) is 16.3. The molecule has 5 fully saturated rings. The van der Waals surface area contributed by atoms with E-state index in [-0.39, 0.29) is 5.41 Å². The Morgan fingerprint density at radius 1 is 0.434 bits per heavy atom. The van der Waals surface area contributed by atoms with Crippen molar-refractivity contribution in [3.8, 4) is 50.2 Å². The first-order valence-electron chi connectivity index (χ1n) is 28.6. The molecule has 366 valence electrons. The van der Waals surface area contributed by atoms with Crippen LogP contribution >= 0.6 is 0 Å². The lowest BCUT2D eigenvalue weighted by Gasteiger charge is -2.76. The molecule has 2 spiro atoms. The fourth-order valence-corrected chi connectivity index (χ4v) is 18.0. The zero-order chi connectivity index (χ0) is 49.7. The number of anilines is 3. The number of fused-ring (bicyclic) bond motifs is 12. The number of nitrogens with zero attached hydrogens (tertiary/aromatic N) is 2. The van der Waals surface area contributed by atoms with Crippen LogP contribution in [-0.2, 0) is 5.41 Å². The summed E-state index contributed by atoms with van der Waals surface area (Å²) in [5.74, 6) is 3.91. The summed E-state index contributed by atoms with van der Waals surface area (Å²) in [6.45, 7) is 0. The van der Waals surface area contributed by atoms with E-state index in [1.54, 1.807) is 11.1 Å². The van der Waals surface area contributed by atoms with Gasteiger partial charge in [-0.2, -0.15) is 0 Å². The third-order valence-electron chi connectivity index (χ3n) is 20.7. The minimum atomic E-state index is 0.113. The fraction of sp³-hybridized carbons (Fsp3) is 0.216. The molecule has 0 saturated heterocycles. The molecule has 0 radical (unpaired) electrons. The zero-order valence-corrected chi connectivity index (χ0v) is 43.0. The maximum absolute atomic E-state index is 2.69.